The van der Waals surface area contributed by atoms with Gasteiger partial charge in [0, 0.05) is 25.2 Å². The van der Waals surface area contributed by atoms with Gasteiger partial charge in [0.1, 0.15) is 0 Å². The lowest BCUT2D eigenvalue weighted by Crippen LogP contribution is -2.37. The molecule has 88 valence electrons. The van der Waals surface area contributed by atoms with Crippen LogP contribution in [0.5, 0.6) is 0 Å². The molecule has 2 heteroatoms. The monoisotopic (exact) mass is 218 g/mol. The second-order valence-corrected chi connectivity index (χ2v) is 5.02. The van der Waals surface area contributed by atoms with Crippen LogP contribution in [0.15, 0.2) is 30.3 Å². The summed E-state index contributed by atoms with van der Waals surface area (Å²) in [6, 6.07) is 12.1. The minimum Gasteiger partial charge on any atom is -0.310 e. The third-order valence-corrected chi connectivity index (χ3v) is 3.30. The number of nitrogens with zero attached hydrogens (tertiary/aromatic N) is 1. The maximum absolute atomic E-state index is 3.63. The first-order valence-electron chi connectivity index (χ1n) is 6.22. The molecule has 0 radical (unpaired) electrons. The average molecular weight is 218 g/mol. The van der Waals surface area contributed by atoms with Crippen LogP contribution in [0.4, 0.5) is 0 Å². The molecule has 0 bridgehead atoms. The Balaban J connectivity index is 1.78. The molecule has 0 spiro atoms. The molecule has 1 fully saturated rings. The molecule has 1 saturated heterocycles. The summed E-state index contributed by atoms with van der Waals surface area (Å²) in [6.07, 6.45) is 2.64. The normalized spacial score (nSPS) is 25.2. The van der Waals surface area contributed by atoms with Crippen molar-refractivity contribution < 1.29 is 0 Å². The molecule has 0 aromatic heterocycles. The topological polar surface area (TPSA) is 15.3 Å². The quantitative estimate of drug-likeness (QED) is 0.834. The van der Waals surface area contributed by atoms with E-state index in [1.165, 1.54) is 18.4 Å². The summed E-state index contributed by atoms with van der Waals surface area (Å²) >= 11 is 0. The zero-order chi connectivity index (χ0) is 11.4. The van der Waals surface area contributed by atoms with E-state index in [1.807, 2.05) is 0 Å². The first-order chi connectivity index (χ1) is 7.74. The Hall–Kier alpha value is -0.860. The highest BCUT2D eigenvalue weighted by Gasteiger charge is 2.20. The van der Waals surface area contributed by atoms with Gasteiger partial charge in [0.15, 0.2) is 0 Å². The zero-order valence-electron chi connectivity index (χ0n) is 10.3. The predicted octanol–water partition coefficient (Wildman–Crippen LogP) is 2.26. The summed E-state index contributed by atoms with van der Waals surface area (Å²) in [7, 11) is 2.21. The molecule has 2 atom stereocenters. The average Bonchev–Trinajstić information content (AvgIpc) is 2.65. The Morgan fingerprint density at radius 3 is 2.62 bits per heavy atom. The number of hydrogen-bond donors (Lipinski definition) is 1. The predicted molar refractivity (Wildman–Crippen MR) is 68.4 cm³/mol. The Kier molecular flexibility index (Phi) is 3.97. The number of likely N-dealkylation sites (N-methyl/N-ethyl adjacent to an activating group) is 1. The fourth-order valence-corrected chi connectivity index (χ4v) is 2.50. The maximum Gasteiger partial charge on any atom is 0.0231 e. The Morgan fingerprint density at radius 1 is 1.25 bits per heavy atom. The van der Waals surface area contributed by atoms with Gasteiger partial charge in [0.2, 0.25) is 0 Å². The number of benzene rings is 1. The van der Waals surface area contributed by atoms with E-state index < -0.39 is 0 Å². The molecule has 0 amide bonds. The number of rotatable bonds is 4. The van der Waals surface area contributed by atoms with Gasteiger partial charge in [-0.25, -0.2) is 0 Å². The highest BCUT2D eigenvalue weighted by molar-refractivity contribution is 5.14. The van der Waals surface area contributed by atoms with Crippen LogP contribution in [0.1, 0.15) is 25.3 Å². The van der Waals surface area contributed by atoms with Gasteiger partial charge in [-0.1, -0.05) is 30.3 Å². The van der Waals surface area contributed by atoms with Crippen molar-refractivity contribution in [2.45, 2.75) is 38.4 Å². The molecular weight excluding hydrogens is 196 g/mol. The maximum atomic E-state index is 3.63. The molecular formula is C14H22N2. The highest BCUT2D eigenvalue weighted by Crippen LogP contribution is 2.13. The second kappa shape index (κ2) is 5.46. The van der Waals surface area contributed by atoms with Crippen LogP contribution in [0.3, 0.4) is 0 Å². The van der Waals surface area contributed by atoms with Crippen molar-refractivity contribution in [1.29, 1.82) is 0 Å². The minimum atomic E-state index is 0.684. The summed E-state index contributed by atoms with van der Waals surface area (Å²) in [5.41, 5.74) is 1.40. The van der Waals surface area contributed by atoms with E-state index in [0.717, 1.165) is 13.1 Å². The Morgan fingerprint density at radius 2 is 2.00 bits per heavy atom. The number of hydrogen-bond acceptors (Lipinski definition) is 2. The van der Waals surface area contributed by atoms with Crippen molar-refractivity contribution >= 4 is 0 Å². The van der Waals surface area contributed by atoms with E-state index in [9.17, 15) is 0 Å². The summed E-state index contributed by atoms with van der Waals surface area (Å²) in [6.45, 7) is 4.48. The van der Waals surface area contributed by atoms with Gasteiger partial charge < -0.3 is 10.2 Å². The largest absolute Gasteiger partial charge is 0.310 e. The van der Waals surface area contributed by atoms with Crippen LogP contribution in [0.2, 0.25) is 0 Å². The number of nitrogens with one attached hydrogen (secondary N) is 1. The molecule has 1 aliphatic heterocycles. The van der Waals surface area contributed by atoms with Crippen LogP contribution in [0, 0.1) is 0 Å². The van der Waals surface area contributed by atoms with Crippen LogP contribution >= 0.6 is 0 Å². The van der Waals surface area contributed by atoms with Gasteiger partial charge in [-0.05, 0) is 32.4 Å². The fourth-order valence-electron chi connectivity index (χ4n) is 2.50. The molecule has 1 aliphatic rings. The van der Waals surface area contributed by atoms with Crippen molar-refractivity contribution in [3.05, 3.63) is 35.9 Å². The van der Waals surface area contributed by atoms with E-state index >= 15 is 0 Å². The molecule has 0 saturated carbocycles. The molecule has 1 heterocycles. The molecule has 16 heavy (non-hydrogen) atoms. The van der Waals surface area contributed by atoms with Crippen LogP contribution in [-0.4, -0.2) is 30.6 Å². The minimum absolute atomic E-state index is 0.684. The fraction of sp³-hybridized carbons (Fsp3) is 0.571. The lowest BCUT2D eigenvalue weighted by molar-refractivity contribution is 0.290. The molecule has 2 unspecified atom stereocenters. The summed E-state index contributed by atoms with van der Waals surface area (Å²) < 4.78 is 0. The van der Waals surface area contributed by atoms with Gasteiger partial charge in [0.25, 0.3) is 0 Å². The summed E-state index contributed by atoms with van der Waals surface area (Å²) in [4.78, 5) is 2.41. The van der Waals surface area contributed by atoms with Crippen molar-refractivity contribution in [3.8, 4) is 0 Å². The van der Waals surface area contributed by atoms with Gasteiger partial charge in [-0.2, -0.15) is 0 Å². The van der Waals surface area contributed by atoms with E-state index in [0.29, 0.717) is 12.1 Å². The van der Waals surface area contributed by atoms with E-state index in [4.69, 9.17) is 0 Å². The summed E-state index contributed by atoms with van der Waals surface area (Å²) in [5, 5.41) is 3.63. The standard InChI is InChI=1S/C14H22N2/c1-12-8-9-14(15-12)11-16(2)10-13-6-4-3-5-7-13/h3-7,12,14-15H,8-11H2,1-2H3. The second-order valence-electron chi connectivity index (χ2n) is 5.02. The third-order valence-electron chi connectivity index (χ3n) is 3.30. The van der Waals surface area contributed by atoms with Crippen LogP contribution < -0.4 is 5.32 Å². The zero-order valence-corrected chi connectivity index (χ0v) is 10.3. The van der Waals surface area contributed by atoms with Crippen molar-refractivity contribution in [1.82, 2.24) is 10.2 Å². The molecule has 0 aliphatic carbocycles. The van der Waals surface area contributed by atoms with E-state index in [2.05, 4.69) is 54.5 Å². The van der Waals surface area contributed by atoms with Crippen molar-refractivity contribution in [3.63, 3.8) is 0 Å². The van der Waals surface area contributed by atoms with E-state index in [1.54, 1.807) is 0 Å². The Labute approximate surface area is 98.7 Å². The Bertz CT molecular complexity index is 310. The molecule has 2 rings (SSSR count). The van der Waals surface area contributed by atoms with Gasteiger partial charge >= 0.3 is 0 Å². The highest BCUT2D eigenvalue weighted by atomic mass is 15.1. The lowest BCUT2D eigenvalue weighted by Gasteiger charge is -2.21. The van der Waals surface area contributed by atoms with Crippen LogP contribution in [0.25, 0.3) is 0 Å². The third kappa shape index (κ3) is 3.32. The van der Waals surface area contributed by atoms with Crippen LogP contribution in [-0.2, 0) is 6.54 Å². The van der Waals surface area contributed by atoms with E-state index in [-0.39, 0.29) is 0 Å². The first-order valence-corrected chi connectivity index (χ1v) is 6.22. The lowest BCUT2D eigenvalue weighted by atomic mass is 10.2. The van der Waals surface area contributed by atoms with Gasteiger partial charge in [-0.15, -0.1) is 0 Å². The molecule has 1 aromatic carbocycles. The SMILES string of the molecule is CC1CCC(CN(C)Cc2ccccc2)N1. The first kappa shape index (κ1) is 11.6. The molecule has 1 aromatic rings. The smallest absolute Gasteiger partial charge is 0.0231 e. The molecule has 1 N–H and O–H groups in total. The summed E-state index contributed by atoms with van der Waals surface area (Å²) in [5.74, 6) is 0. The van der Waals surface area contributed by atoms with Crippen molar-refractivity contribution in [2.75, 3.05) is 13.6 Å². The van der Waals surface area contributed by atoms with Gasteiger partial charge in [-0.3, -0.25) is 0 Å². The van der Waals surface area contributed by atoms with Crippen molar-refractivity contribution in [2.24, 2.45) is 0 Å². The molecule has 2 nitrogen and oxygen atoms in total. The van der Waals surface area contributed by atoms with Gasteiger partial charge in [0.05, 0.1) is 0 Å².